The first-order valence-corrected chi connectivity index (χ1v) is 10.0. The lowest BCUT2D eigenvalue weighted by atomic mass is 10.0. The summed E-state index contributed by atoms with van der Waals surface area (Å²) in [5, 5.41) is 29.5. The van der Waals surface area contributed by atoms with Crippen LogP contribution in [-0.4, -0.2) is 50.7 Å². The zero-order valence-corrected chi connectivity index (χ0v) is 17.4. The summed E-state index contributed by atoms with van der Waals surface area (Å²) >= 11 is 0. The quantitative estimate of drug-likeness (QED) is 0.455. The Morgan fingerprint density at radius 1 is 1.07 bits per heavy atom. The summed E-state index contributed by atoms with van der Waals surface area (Å²) in [7, 11) is 4.04. The van der Waals surface area contributed by atoms with E-state index in [4.69, 9.17) is 4.42 Å². The Morgan fingerprint density at radius 2 is 1.90 bits per heavy atom. The minimum Gasteiger partial charge on any atom is -0.504 e. The molecule has 2 N–H and O–H groups in total. The Balaban J connectivity index is 1.79. The number of hydrogen-bond acceptors (Lipinski definition) is 6. The average molecular weight is 406 g/mol. The summed E-state index contributed by atoms with van der Waals surface area (Å²) in [6.45, 7) is 2.98. The number of furan rings is 1. The van der Waals surface area contributed by atoms with Gasteiger partial charge in [0.25, 0.3) is 0 Å². The van der Waals surface area contributed by atoms with Crippen molar-refractivity contribution in [1.82, 2.24) is 19.9 Å². The molecule has 0 fully saturated rings. The third-order valence-electron chi connectivity index (χ3n) is 5.23. The summed E-state index contributed by atoms with van der Waals surface area (Å²) < 4.78 is 7.96. The molecular weight excluding hydrogens is 380 g/mol. The first-order chi connectivity index (χ1) is 14.4. The Bertz CT molecular complexity index is 1160. The number of phenols is 2. The largest absolute Gasteiger partial charge is 0.504 e. The lowest BCUT2D eigenvalue weighted by Gasteiger charge is -2.15. The van der Waals surface area contributed by atoms with E-state index in [0.29, 0.717) is 5.76 Å². The molecule has 0 aliphatic heterocycles. The van der Waals surface area contributed by atoms with Gasteiger partial charge in [0.15, 0.2) is 11.5 Å². The number of nitrogens with zero attached hydrogens (tertiary/aromatic N) is 4. The SMILES string of the molecule is CCc1ccc2cc(C(c3ccc(O)c(O)c3)n3cc(CCN(C)C)nn3)oc2c1. The number of phenolic OH excluding ortho intramolecular Hbond substituents is 2. The maximum atomic E-state index is 10.1. The topological polar surface area (TPSA) is 87.5 Å². The van der Waals surface area contributed by atoms with Gasteiger partial charge in [0, 0.05) is 24.5 Å². The zero-order valence-electron chi connectivity index (χ0n) is 17.4. The molecule has 0 saturated carbocycles. The van der Waals surface area contributed by atoms with Crippen molar-refractivity contribution in [3.8, 4) is 11.5 Å². The number of hydrogen-bond donors (Lipinski definition) is 2. The molecule has 0 aliphatic carbocycles. The molecule has 0 bridgehead atoms. The molecule has 0 amide bonds. The van der Waals surface area contributed by atoms with Gasteiger partial charge in [0.1, 0.15) is 17.4 Å². The van der Waals surface area contributed by atoms with E-state index in [-0.39, 0.29) is 11.5 Å². The maximum Gasteiger partial charge on any atom is 0.157 e. The summed E-state index contributed by atoms with van der Waals surface area (Å²) in [6, 6.07) is 12.5. The van der Waals surface area contributed by atoms with Crippen molar-refractivity contribution >= 4 is 11.0 Å². The normalized spacial score (nSPS) is 12.7. The number of benzene rings is 2. The summed E-state index contributed by atoms with van der Waals surface area (Å²) in [4.78, 5) is 2.10. The Kier molecular flexibility index (Phi) is 5.46. The van der Waals surface area contributed by atoms with Gasteiger partial charge in [-0.3, -0.25) is 0 Å². The van der Waals surface area contributed by atoms with Crippen LogP contribution in [0.4, 0.5) is 0 Å². The Morgan fingerprint density at radius 3 is 2.63 bits per heavy atom. The standard InChI is InChI=1S/C23H26N4O3/c1-4-15-5-6-16-13-22(30-21(16)11-15)23(17-7-8-19(28)20(29)12-17)27-14-18(24-25-27)9-10-26(2)3/h5-8,11-14,23,28-29H,4,9-10H2,1-3H3. The lowest BCUT2D eigenvalue weighted by Crippen LogP contribution is -2.15. The molecule has 0 spiro atoms. The van der Waals surface area contributed by atoms with Crippen LogP contribution < -0.4 is 0 Å². The van der Waals surface area contributed by atoms with Gasteiger partial charge in [0.2, 0.25) is 0 Å². The van der Waals surface area contributed by atoms with Crippen LogP contribution in [0.2, 0.25) is 0 Å². The van der Waals surface area contributed by atoms with E-state index in [1.54, 1.807) is 10.7 Å². The van der Waals surface area contributed by atoms with Gasteiger partial charge in [-0.25, -0.2) is 4.68 Å². The predicted molar refractivity (Wildman–Crippen MR) is 115 cm³/mol. The van der Waals surface area contributed by atoms with Crippen molar-refractivity contribution in [2.45, 2.75) is 25.8 Å². The molecule has 156 valence electrons. The highest BCUT2D eigenvalue weighted by atomic mass is 16.3. The molecule has 2 aromatic heterocycles. The van der Waals surface area contributed by atoms with Crippen LogP contribution in [0.1, 0.15) is 35.5 Å². The molecule has 0 aliphatic rings. The van der Waals surface area contributed by atoms with Crippen LogP contribution in [0.3, 0.4) is 0 Å². The second kappa shape index (κ2) is 8.20. The fourth-order valence-corrected chi connectivity index (χ4v) is 3.50. The number of aromatic nitrogens is 3. The molecule has 2 aromatic carbocycles. The van der Waals surface area contributed by atoms with Crippen molar-refractivity contribution in [3.05, 3.63) is 71.2 Å². The van der Waals surface area contributed by atoms with Crippen LogP contribution in [0.15, 0.2) is 53.1 Å². The third-order valence-corrected chi connectivity index (χ3v) is 5.23. The number of likely N-dealkylation sites (N-methyl/N-ethyl adjacent to an activating group) is 1. The highest BCUT2D eigenvalue weighted by Gasteiger charge is 2.23. The molecule has 7 nitrogen and oxygen atoms in total. The van der Waals surface area contributed by atoms with Crippen molar-refractivity contribution in [3.63, 3.8) is 0 Å². The van der Waals surface area contributed by atoms with Crippen LogP contribution in [-0.2, 0) is 12.8 Å². The minimum absolute atomic E-state index is 0.167. The van der Waals surface area contributed by atoms with E-state index in [0.717, 1.165) is 41.6 Å². The predicted octanol–water partition coefficient (Wildman–Crippen LogP) is 3.74. The highest BCUT2D eigenvalue weighted by molar-refractivity contribution is 5.79. The summed E-state index contributed by atoms with van der Waals surface area (Å²) in [5.41, 5.74) is 3.63. The van der Waals surface area contributed by atoms with Gasteiger partial charge in [-0.05, 0) is 55.9 Å². The van der Waals surface area contributed by atoms with E-state index in [1.807, 2.05) is 32.4 Å². The third kappa shape index (κ3) is 4.02. The van der Waals surface area contributed by atoms with E-state index in [2.05, 4.69) is 34.3 Å². The average Bonchev–Trinajstić information content (AvgIpc) is 3.35. The second-order valence-electron chi connectivity index (χ2n) is 7.77. The number of aromatic hydroxyl groups is 2. The van der Waals surface area contributed by atoms with Gasteiger partial charge < -0.3 is 19.5 Å². The van der Waals surface area contributed by atoms with Gasteiger partial charge in [-0.15, -0.1) is 5.10 Å². The minimum atomic E-state index is -0.422. The van der Waals surface area contributed by atoms with Crippen molar-refractivity contribution in [1.29, 1.82) is 0 Å². The monoisotopic (exact) mass is 406 g/mol. The molecule has 1 atom stereocenters. The van der Waals surface area contributed by atoms with Crippen LogP contribution in [0, 0.1) is 0 Å². The molecule has 0 saturated heterocycles. The van der Waals surface area contributed by atoms with Gasteiger partial charge in [-0.2, -0.15) is 0 Å². The van der Waals surface area contributed by atoms with Crippen molar-refractivity contribution in [2.24, 2.45) is 0 Å². The molecule has 7 heteroatoms. The van der Waals surface area contributed by atoms with Crippen molar-refractivity contribution < 1.29 is 14.6 Å². The first-order valence-electron chi connectivity index (χ1n) is 10.0. The van der Waals surface area contributed by atoms with E-state index in [1.165, 1.54) is 17.7 Å². The summed E-state index contributed by atoms with van der Waals surface area (Å²) in [6.07, 6.45) is 3.61. The molecule has 4 aromatic rings. The fraction of sp³-hybridized carbons (Fsp3) is 0.304. The molecule has 1 unspecified atom stereocenters. The van der Waals surface area contributed by atoms with E-state index in [9.17, 15) is 10.2 Å². The number of rotatable bonds is 7. The van der Waals surface area contributed by atoms with E-state index < -0.39 is 6.04 Å². The Labute approximate surface area is 175 Å². The number of aryl methyl sites for hydroxylation is 1. The smallest absolute Gasteiger partial charge is 0.157 e. The lowest BCUT2D eigenvalue weighted by molar-refractivity contribution is 0.400. The van der Waals surface area contributed by atoms with Gasteiger partial charge in [-0.1, -0.05) is 30.3 Å². The molecule has 4 rings (SSSR count). The molecule has 0 radical (unpaired) electrons. The molecule has 2 heterocycles. The molecule has 30 heavy (non-hydrogen) atoms. The fourth-order valence-electron chi connectivity index (χ4n) is 3.50. The van der Waals surface area contributed by atoms with Gasteiger partial charge >= 0.3 is 0 Å². The Hall–Kier alpha value is -3.32. The van der Waals surface area contributed by atoms with Crippen molar-refractivity contribution in [2.75, 3.05) is 20.6 Å². The maximum absolute atomic E-state index is 10.1. The van der Waals surface area contributed by atoms with Crippen LogP contribution in [0.5, 0.6) is 11.5 Å². The highest BCUT2D eigenvalue weighted by Crippen LogP contribution is 2.35. The number of fused-ring (bicyclic) bond motifs is 1. The first kappa shape index (κ1) is 20.0. The zero-order chi connectivity index (χ0) is 21.3. The van der Waals surface area contributed by atoms with Crippen LogP contribution in [0.25, 0.3) is 11.0 Å². The molecular formula is C23H26N4O3. The van der Waals surface area contributed by atoms with Crippen LogP contribution >= 0.6 is 0 Å². The second-order valence-corrected chi connectivity index (χ2v) is 7.77. The summed E-state index contributed by atoms with van der Waals surface area (Å²) in [5.74, 6) is 0.335. The van der Waals surface area contributed by atoms with Gasteiger partial charge in [0.05, 0.1) is 5.69 Å². The van der Waals surface area contributed by atoms with E-state index >= 15 is 0 Å².